The van der Waals surface area contributed by atoms with Crippen LogP contribution in [0.5, 0.6) is 0 Å². The molecule has 5 rings (SSSR count). The van der Waals surface area contributed by atoms with Crippen LogP contribution in [-0.2, 0) is 10.0 Å². The number of hydrogen-bond acceptors (Lipinski definition) is 6. The summed E-state index contributed by atoms with van der Waals surface area (Å²) in [5, 5.41) is 8.03. The molecule has 0 aliphatic carbocycles. The van der Waals surface area contributed by atoms with E-state index in [0.29, 0.717) is 26.8 Å². The second-order valence-electron chi connectivity index (χ2n) is 7.03. The standard InChI is InChI=1S/C22H13F2N5O2S2/c1-12-27-18-6-3-15(9-20(18)32-12)33(30,31)29-19-7-5-17(23)16(21(19)24)4-2-13-8-14-11-26-28-22(14)25-10-13/h3,5-11,29H,1H3,(H,25,26,28). The van der Waals surface area contributed by atoms with Crippen LogP contribution < -0.4 is 4.72 Å². The summed E-state index contributed by atoms with van der Waals surface area (Å²) in [6.07, 6.45) is 2.99. The zero-order valence-electron chi connectivity index (χ0n) is 16.8. The number of halogens is 2. The molecule has 3 aromatic heterocycles. The number of benzene rings is 2. The van der Waals surface area contributed by atoms with Crippen molar-refractivity contribution in [1.82, 2.24) is 20.2 Å². The molecule has 0 aliphatic heterocycles. The summed E-state index contributed by atoms with van der Waals surface area (Å²) >= 11 is 1.35. The van der Waals surface area contributed by atoms with Gasteiger partial charge in [0.1, 0.15) is 5.82 Å². The van der Waals surface area contributed by atoms with Gasteiger partial charge in [0.25, 0.3) is 10.0 Å². The summed E-state index contributed by atoms with van der Waals surface area (Å²) in [4.78, 5) is 8.35. The van der Waals surface area contributed by atoms with Crippen molar-refractivity contribution in [2.75, 3.05) is 4.72 Å². The van der Waals surface area contributed by atoms with E-state index in [9.17, 15) is 12.8 Å². The molecule has 0 saturated heterocycles. The molecule has 0 bridgehead atoms. The van der Waals surface area contributed by atoms with Crippen LogP contribution in [0.3, 0.4) is 0 Å². The molecule has 2 N–H and O–H groups in total. The number of nitrogens with one attached hydrogen (secondary N) is 2. The fourth-order valence-electron chi connectivity index (χ4n) is 3.18. The smallest absolute Gasteiger partial charge is 0.262 e. The summed E-state index contributed by atoms with van der Waals surface area (Å²) in [6, 6.07) is 8.06. The summed E-state index contributed by atoms with van der Waals surface area (Å²) < 4.78 is 57.9. The van der Waals surface area contributed by atoms with Gasteiger partial charge in [0.15, 0.2) is 11.5 Å². The van der Waals surface area contributed by atoms with Gasteiger partial charge in [-0.15, -0.1) is 11.3 Å². The number of rotatable bonds is 3. The molecule has 0 atom stereocenters. The molecular formula is C22H13F2N5O2S2. The van der Waals surface area contributed by atoms with Crippen LogP contribution in [-0.4, -0.2) is 28.6 Å². The molecule has 3 heterocycles. The molecule has 0 fully saturated rings. The molecule has 7 nitrogen and oxygen atoms in total. The predicted octanol–water partition coefficient (Wildman–Crippen LogP) is 4.35. The van der Waals surface area contributed by atoms with Crippen molar-refractivity contribution in [2.45, 2.75) is 11.8 Å². The highest BCUT2D eigenvalue weighted by Crippen LogP contribution is 2.27. The van der Waals surface area contributed by atoms with Crippen molar-refractivity contribution in [2.24, 2.45) is 0 Å². The highest BCUT2D eigenvalue weighted by Gasteiger charge is 2.20. The van der Waals surface area contributed by atoms with Crippen LogP contribution >= 0.6 is 11.3 Å². The van der Waals surface area contributed by atoms with Crippen molar-refractivity contribution >= 4 is 48.3 Å². The van der Waals surface area contributed by atoms with Crippen molar-refractivity contribution in [3.05, 3.63) is 76.6 Å². The van der Waals surface area contributed by atoms with Crippen LogP contribution in [0.4, 0.5) is 14.5 Å². The monoisotopic (exact) mass is 481 g/mol. The van der Waals surface area contributed by atoms with Crippen LogP contribution in [0, 0.1) is 30.4 Å². The van der Waals surface area contributed by atoms with Gasteiger partial charge in [0.2, 0.25) is 0 Å². The molecule has 0 aliphatic rings. The number of nitrogens with zero attached hydrogens (tertiary/aromatic N) is 3. The second-order valence-corrected chi connectivity index (χ2v) is 9.95. The van der Waals surface area contributed by atoms with E-state index >= 15 is 4.39 Å². The molecule has 0 amide bonds. The molecular weight excluding hydrogens is 468 g/mol. The molecule has 33 heavy (non-hydrogen) atoms. The fourth-order valence-corrected chi connectivity index (χ4v) is 5.20. The minimum Gasteiger partial charge on any atom is -0.277 e. The molecule has 5 aromatic rings. The average Bonchev–Trinajstić information content (AvgIpc) is 3.39. The van der Waals surface area contributed by atoms with Crippen molar-refractivity contribution in [3.8, 4) is 11.8 Å². The van der Waals surface area contributed by atoms with Gasteiger partial charge in [0, 0.05) is 17.1 Å². The van der Waals surface area contributed by atoms with Gasteiger partial charge in [-0.05, 0) is 43.3 Å². The van der Waals surface area contributed by atoms with Gasteiger partial charge in [-0.2, -0.15) is 5.10 Å². The van der Waals surface area contributed by atoms with Gasteiger partial charge in [0.05, 0.1) is 37.6 Å². The number of aromatic nitrogens is 4. The molecule has 11 heteroatoms. The van der Waals surface area contributed by atoms with Crippen LogP contribution in [0.1, 0.15) is 16.1 Å². The third-order valence-corrected chi connectivity index (χ3v) is 7.03. The number of H-pyrrole nitrogens is 1. The lowest BCUT2D eigenvalue weighted by Gasteiger charge is -2.10. The van der Waals surface area contributed by atoms with Gasteiger partial charge < -0.3 is 0 Å². The van der Waals surface area contributed by atoms with E-state index in [1.54, 1.807) is 18.3 Å². The summed E-state index contributed by atoms with van der Waals surface area (Å²) in [7, 11) is -4.13. The number of pyridine rings is 1. The first-order valence-electron chi connectivity index (χ1n) is 9.49. The largest absolute Gasteiger partial charge is 0.277 e. The molecule has 0 saturated carbocycles. The van der Waals surface area contributed by atoms with E-state index in [-0.39, 0.29) is 4.90 Å². The first-order chi connectivity index (χ1) is 15.8. The van der Waals surface area contributed by atoms with Crippen LogP contribution in [0.2, 0.25) is 0 Å². The first kappa shape index (κ1) is 21.0. The number of aryl methyl sites for hydroxylation is 1. The Morgan fingerprint density at radius 3 is 2.79 bits per heavy atom. The number of sulfonamides is 1. The first-order valence-corrected chi connectivity index (χ1v) is 11.8. The van der Waals surface area contributed by atoms with Crippen molar-refractivity contribution in [1.29, 1.82) is 0 Å². The Hall–Kier alpha value is -3.88. The van der Waals surface area contributed by atoms with Gasteiger partial charge in [-0.3, -0.25) is 9.82 Å². The van der Waals surface area contributed by atoms with E-state index in [1.807, 2.05) is 6.92 Å². The maximum atomic E-state index is 15.0. The van der Waals surface area contributed by atoms with E-state index in [0.717, 1.165) is 17.1 Å². The lowest BCUT2D eigenvalue weighted by molar-refractivity contribution is 0.578. The minimum absolute atomic E-state index is 0.0606. The molecule has 0 radical (unpaired) electrons. The number of anilines is 1. The SMILES string of the molecule is Cc1nc2ccc(S(=O)(=O)Nc3ccc(F)c(C#Cc4cnc5[nH]ncc5c4)c3F)cc2s1. The zero-order chi connectivity index (χ0) is 23.2. The summed E-state index contributed by atoms with van der Waals surface area (Å²) in [5.41, 5.74) is 0.675. The van der Waals surface area contributed by atoms with Crippen LogP contribution in [0.15, 0.2) is 53.7 Å². The zero-order valence-corrected chi connectivity index (χ0v) is 18.5. The van der Waals surface area contributed by atoms with Gasteiger partial charge in [-0.1, -0.05) is 11.8 Å². The Kier molecular flexibility index (Phi) is 5.03. The number of hydrogen-bond donors (Lipinski definition) is 2. The number of thiazole rings is 1. The Labute approximate surface area is 190 Å². The quantitative estimate of drug-likeness (QED) is 0.373. The van der Waals surface area contributed by atoms with Gasteiger partial charge >= 0.3 is 0 Å². The van der Waals surface area contributed by atoms with Crippen molar-refractivity contribution in [3.63, 3.8) is 0 Å². The topological polar surface area (TPSA) is 101 Å². The number of aromatic amines is 1. The third-order valence-electron chi connectivity index (χ3n) is 4.74. The summed E-state index contributed by atoms with van der Waals surface area (Å²) in [5.74, 6) is 3.06. The number of fused-ring (bicyclic) bond motifs is 2. The van der Waals surface area contributed by atoms with E-state index in [1.165, 1.54) is 29.7 Å². The molecule has 0 spiro atoms. The Bertz CT molecular complexity index is 1720. The molecule has 2 aromatic carbocycles. The van der Waals surface area contributed by atoms with E-state index < -0.39 is 32.9 Å². The lowest BCUT2D eigenvalue weighted by atomic mass is 10.1. The third kappa shape index (κ3) is 4.02. The maximum absolute atomic E-state index is 15.0. The highest BCUT2D eigenvalue weighted by atomic mass is 32.2. The van der Waals surface area contributed by atoms with E-state index in [2.05, 4.69) is 36.7 Å². The molecule has 0 unspecified atom stereocenters. The summed E-state index contributed by atoms with van der Waals surface area (Å²) in [6.45, 7) is 1.82. The van der Waals surface area contributed by atoms with Crippen LogP contribution in [0.25, 0.3) is 21.3 Å². The minimum atomic E-state index is -4.13. The van der Waals surface area contributed by atoms with Gasteiger partial charge in [-0.25, -0.2) is 27.2 Å². The molecule has 164 valence electrons. The van der Waals surface area contributed by atoms with E-state index in [4.69, 9.17) is 0 Å². The maximum Gasteiger partial charge on any atom is 0.262 e. The Balaban J connectivity index is 1.48. The Morgan fingerprint density at radius 1 is 1.09 bits per heavy atom. The Morgan fingerprint density at radius 2 is 1.94 bits per heavy atom. The lowest BCUT2D eigenvalue weighted by Crippen LogP contribution is -2.14. The van der Waals surface area contributed by atoms with Crippen molar-refractivity contribution < 1.29 is 17.2 Å². The normalized spacial score (nSPS) is 11.5. The average molecular weight is 482 g/mol. The second kappa shape index (κ2) is 7.91. The highest BCUT2D eigenvalue weighted by molar-refractivity contribution is 7.92. The fraction of sp³-hybridized carbons (Fsp3) is 0.0455. The predicted molar refractivity (Wildman–Crippen MR) is 121 cm³/mol.